The van der Waals surface area contributed by atoms with Crippen LogP contribution in [-0.2, 0) is 12.8 Å². The highest BCUT2D eigenvalue weighted by Gasteiger charge is 2.14. The molecule has 0 aromatic carbocycles. The number of aryl methyl sites for hydroxylation is 2. The van der Waals surface area contributed by atoms with Crippen molar-refractivity contribution < 1.29 is 4.79 Å². The summed E-state index contributed by atoms with van der Waals surface area (Å²) < 4.78 is 0. The van der Waals surface area contributed by atoms with Crippen molar-refractivity contribution in [3.8, 4) is 0 Å². The molecule has 0 spiro atoms. The number of hydrogen-bond acceptors (Lipinski definition) is 4. The van der Waals surface area contributed by atoms with Gasteiger partial charge in [0.15, 0.2) is 0 Å². The van der Waals surface area contributed by atoms with Crippen molar-refractivity contribution in [2.75, 3.05) is 6.54 Å². The van der Waals surface area contributed by atoms with Gasteiger partial charge in [0.25, 0.3) is 5.91 Å². The Labute approximate surface area is 121 Å². The third-order valence-electron chi connectivity index (χ3n) is 2.79. The summed E-state index contributed by atoms with van der Waals surface area (Å²) >= 11 is 3.20. The molecule has 0 unspecified atom stereocenters. The lowest BCUT2D eigenvalue weighted by Crippen LogP contribution is -2.25. The molecule has 1 amide bonds. The van der Waals surface area contributed by atoms with Crippen LogP contribution in [0.5, 0.6) is 0 Å². The fourth-order valence-corrected chi connectivity index (χ4v) is 3.61. The summed E-state index contributed by atoms with van der Waals surface area (Å²) in [5, 5.41) is 8.20. The fourth-order valence-electron chi connectivity index (χ4n) is 1.82. The predicted octanol–water partition coefficient (Wildman–Crippen LogP) is 3.44. The summed E-state index contributed by atoms with van der Waals surface area (Å²) in [5.74, 6) is 0.00702. The van der Waals surface area contributed by atoms with Crippen molar-refractivity contribution in [1.29, 1.82) is 0 Å². The first-order valence-electron chi connectivity index (χ1n) is 6.46. The van der Waals surface area contributed by atoms with E-state index in [4.69, 9.17) is 0 Å². The van der Waals surface area contributed by atoms with Crippen molar-refractivity contribution in [3.05, 3.63) is 38.0 Å². The van der Waals surface area contributed by atoms with Gasteiger partial charge in [-0.3, -0.25) is 4.79 Å². The highest BCUT2D eigenvalue weighted by atomic mass is 32.1. The van der Waals surface area contributed by atoms with E-state index in [0.717, 1.165) is 34.8 Å². The number of amides is 1. The second kappa shape index (κ2) is 6.82. The SMILES string of the molecule is CCCc1nc(C)c(C(=O)NCCc2ccsc2)s1. The Morgan fingerprint density at radius 1 is 1.42 bits per heavy atom. The smallest absolute Gasteiger partial charge is 0.263 e. The van der Waals surface area contributed by atoms with E-state index in [9.17, 15) is 4.79 Å². The van der Waals surface area contributed by atoms with Crippen molar-refractivity contribution in [2.45, 2.75) is 33.1 Å². The molecule has 0 aliphatic rings. The molecule has 1 N–H and O–H groups in total. The molecule has 0 saturated carbocycles. The molecule has 5 heteroatoms. The quantitative estimate of drug-likeness (QED) is 0.886. The fraction of sp³-hybridized carbons (Fsp3) is 0.429. The second-order valence-electron chi connectivity index (χ2n) is 4.41. The first-order valence-corrected chi connectivity index (χ1v) is 8.22. The minimum absolute atomic E-state index is 0.00702. The van der Waals surface area contributed by atoms with Crippen LogP contribution >= 0.6 is 22.7 Å². The highest BCUT2D eigenvalue weighted by molar-refractivity contribution is 7.13. The molecule has 0 radical (unpaired) electrons. The predicted molar refractivity (Wildman–Crippen MR) is 81.2 cm³/mol. The average Bonchev–Trinajstić information content (AvgIpc) is 2.99. The summed E-state index contributed by atoms with van der Waals surface area (Å²) in [6.45, 7) is 4.71. The molecular weight excluding hydrogens is 276 g/mol. The zero-order valence-corrected chi connectivity index (χ0v) is 12.9. The molecule has 19 heavy (non-hydrogen) atoms. The number of hydrogen-bond donors (Lipinski definition) is 1. The Kier molecular flexibility index (Phi) is 5.10. The van der Waals surface area contributed by atoms with Gasteiger partial charge in [0.1, 0.15) is 4.88 Å². The standard InChI is InChI=1S/C14H18N2OS2/c1-3-4-12-16-10(2)13(19-12)14(17)15-7-5-11-6-8-18-9-11/h6,8-9H,3-5,7H2,1-2H3,(H,15,17). The van der Waals surface area contributed by atoms with Crippen LogP contribution in [0.3, 0.4) is 0 Å². The molecule has 0 saturated heterocycles. The van der Waals surface area contributed by atoms with Crippen LogP contribution in [-0.4, -0.2) is 17.4 Å². The van der Waals surface area contributed by atoms with E-state index in [0.29, 0.717) is 6.54 Å². The van der Waals surface area contributed by atoms with Crippen molar-refractivity contribution >= 4 is 28.6 Å². The van der Waals surface area contributed by atoms with Crippen LogP contribution in [0.2, 0.25) is 0 Å². The Bertz CT molecular complexity index is 532. The monoisotopic (exact) mass is 294 g/mol. The van der Waals surface area contributed by atoms with Crippen LogP contribution in [0, 0.1) is 6.92 Å². The average molecular weight is 294 g/mol. The van der Waals surface area contributed by atoms with Crippen LogP contribution in [0.15, 0.2) is 16.8 Å². The molecule has 2 aromatic rings. The molecule has 0 aliphatic heterocycles. The minimum Gasteiger partial charge on any atom is -0.351 e. The summed E-state index contributed by atoms with van der Waals surface area (Å²) in [4.78, 5) is 17.3. The number of aromatic nitrogens is 1. The van der Waals surface area contributed by atoms with Gasteiger partial charge in [-0.1, -0.05) is 6.92 Å². The zero-order valence-electron chi connectivity index (χ0n) is 11.2. The second-order valence-corrected chi connectivity index (χ2v) is 6.27. The van der Waals surface area contributed by atoms with E-state index in [-0.39, 0.29) is 5.91 Å². The Morgan fingerprint density at radius 2 is 2.26 bits per heavy atom. The number of nitrogens with zero attached hydrogens (tertiary/aromatic N) is 1. The molecule has 3 nitrogen and oxygen atoms in total. The van der Waals surface area contributed by atoms with E-state index in [1.807, 2.05) is 6.92 Å². The molecule has 0 fully saturated rings. The van der Waals surface area contributed by atoms with Gasteiger partial charge >= 0.3 is 0 Å². The molecule has 2 heterocycles. The minimum atomic E-state index is 0.00702. The van der Waals surface area contributed by atoms with Crippen LogP contribution in [0.1, 0.15) is 39.3 Å². The first kappa shape index (κ1) is 14.2. The third-order valence-corrected chi connectivity index (χ3v) is 4.74. The maximum Gasteiger partial charge on any atom is 0.263 e. The van der Waals surface area contributed by atoms with Crippen molar-refractivity contribution in [1.82, 2.24) is 10.3 Å². The van der Waals surface area contributed by atoms with E-state index in [1.165, 1.54) is 16.9 Å². The van der Waals surface area contributed by atoms with Crippen LogP contribution < -0.4 is 5.32 Å². The van der Waals surface area contributed by atoms with Gasteiger partial charge in [-0.15, -0.1) is 11.3 Å². The number of thiophene rings is 1. The van der Waals surface area contributed by atoms with Gasteiger partial charge in [0.2, 0.25) is 0 Å². The first-order chi connectivity index (χ1) is 9.20. The Hall–Kier alpha value is -1.20. The number of carbonyl (C=O) groups excluding carboxylic acids is 1. The highest BCUT2D eigenvalue weighted by Crippen LogP contribution is 2.19. The third kappa shape index (κ3) is 3.88. The Morgan fingerprint density at radius 3 is 2.95 bits per heavy atom. The summed E-state index contributed by atoms with van der Waals surface area (Å²) in [6, 6.07) is 2.09. The van der Waals surface area contributed by atoms with Gasteiger partial charge in [0, 0.05) is 6.54 Å². The number of nitrogens with one attached hydrogen (secondary N) is 1. The zero-order chi connectivity index (χ0) is 13.7. The van der Waals surface area contributed by atoms with E-state index < -0.39 is 0 Å². The molecule has 0 bridgehead atoms. The number of thiazole rings is 1. The van der Waals surface area contributed by atoms with E-state index >= 15 is 0 Å². The normalized spacial score (nSPS) is 10.6. The Balaban J connectivity index is 1.88. The van der Waals surface area contributed by atoms with Gasteiger partial charge in [-0.25, -0.2) is 4.98 Å². The molecule has 0 atom stereocenters. The maximum absolute atomic E-state index is 12.1. The van der Waals surface area contributed by atoms with Gasteiger partial charge < -0.3 is 5.32 Å². The lowest BCUT2D eigenvalue weighted by atomic mass is 10.2. The number of rotatable bonds is 6. The van der Waals surface area contributed by atoms with E-state index in [2.05, 4.69) is 34.1 Å². The van der Waals surface area contributed by atoms with Gasteiger partial charge in [0.05, 0.1) is 10.7 Å². The molecule has 0 aliphatic carbocycles. The van der Waals surface area contributed by atoms with Gasteiger partial charge in [-0.05, 0) is 48.6 Å². The summed E-state index contributed by atoms with van der Waals surface area (Å²) in [6.07, 6.45) is 2.90. The summed E-state index contributed by atoms with van der Waals surface area (Å²) in [5.41, 5.74) is 2.12. The van der Waals surface area contributed by atoms with Crippen LogP contribution in [0.4, 0.5) is 0 Å². The lowest BCUT2D eigenvalue weighted by molar-refractivity contribution is 0.0957. The molecule has 2 rings (SSSR count). The molecular formula is C14H18N2OS2. The maximum atomic E-state index is 12.1. The number of carbonyl (C=O) groups is 1. The topological polar surface area (TPSA) is 42.0 Å². The molecule has 2 aromatic heterocycles. The van der Waals surface area contributed by atoms with Crippen LogP contribution in [0.25, 0.3) is 0 Å². The van der Waals surface area contributed by atoms with Crippen molar-refractivity contribution in [2.24, 2.45) is 0 Å². The van der Waals surface area contributed by atoms with Gasteiger partial charge in [-0.2, -0.15) is 11.3 Å². The van der Waals surface area contributed by atoms with Crippen molar-refractivity contribution in [3.63, 3.8) is 0 Å². The largest absolute Gasteiger partial charge is 0.351 e. The summed E-state index contributed by atoms with van der Waals surface area (Å²) in [7, 11) is 0. The van der Waals surface area contributed by atoms with E-state index in [1.54, 1.807) is 11.3 Å². The molecule has 102 valence electrons. The lowest BCUT2D eigenvalue weighted by Gasteiger charge is -2.02.